The largest absolute Gasteiger partial charge is 1.00 e. The van der Waals surface area contributed by atoms with Crippen LogP contribution in [-0.4, -0.2) is 11.7 Å². The lowest BCUT2D eigenvalue weighted by atomic mass is 10.3. The average molecular weight is 169 g/mol. The van der Waals surface area contributed by atoms with E-state index in [1.807, 2.05) is 29.1 Å². The van der Waals surface area contributed by atoms with Crippen molar-refractivity contribution in [2.45, 2.75) is 6.54 Å². The van der Waals surface area contributed by atoms with Crippen LogP contribution in [-0.2, 0) is 6.54 Å². The molecule has 0 fully saturated rings. The van der Waals surface area contributed by atoms with Gasteiger partial charge in [-0.05, 0) is 5.56 Å². The number of aliphatic hydroxyl groups excluding tert-OH is 1. The molecule has 1 N–H and O–H groups in total. The Morgan fingerprint density at radius 1 is 1.42 bits per heavy atom. The second-order valence-corrected chi connectivity index (χ2v) is 2.30. The third-order valence-corrected chi connectivity index (χ3v) is 1.51. The summed E-state index contributed by atoms with van der Waals surface area (Å²) in [5, 5.41) is 8.61. The molecule has 1 rings (SSSR count). The fourth-order valence-corrected chi connectivity index (χ4v) is 0.869. The first-order valence-corrected chi connectivity index (χ1v) is 3.59. The second kappa shape index (κ2) is 5.43. The van der Waals surface area contributed by atoms with Gasteiger partial charge >= 0.3 is 0 Å². The minimum atomic E-state index is 0. The maximum Gasteiger partial charge on any atom is 0.171 e. The van der Waals surface area contributed by atoms with Crippen LogP contribution in [0.15, 0.2) is 31.1 Å². The Morgan fingerprint density at radius 3 is 2.42 bits per heavy atom. The van der Waals surface area contributed by atoms with Crippen LogP contribution >= 0.6 is 0 Å². The highest BCUT2D eigenvalue weighted by atomic mass is 19.0. The smallest absolute Gasteiger partial charge is 0.171 e. The fourth-order valence-electron chi connectivity index (χ4n) is 0.869. The summed E-state index contributed by atoms with van der Waals surface area (Å²) in [4.78, 5) is 0. The van der Waals surface area contributed by atoms with Crippen molar-refractivity contribution >= 4 is 6.08 Å². The summed E-state index contributed by atoms with van der Waals surface area (Å²) in [5.41, 5.74) is 1.10. The van der Waals surface area contributed by atoms with Gasteiger partial charge in [-0.2, -0.15) is 0 Å². The van der Waals surface area contributed by atoms with Gasteiger partial charge in [0.25, 0.3) is 0 Å². The predicted octanol–water partition coefficient (Wildman–Crippen LogP) is -2.39. The van der Waals surface area contributed by atoms with Crippen LogP contribution in [0.25, 0.3) is 6.08 Å². The van der Waals surface area contributed by atoms with E-state index in [-0.39, 0.29) is 11.3 Å². The van der Waals surface area contributed by atoms with Crippen molar-refractivity contribution in [1.29, 1.82) is 0 Å². The SMILES string of the molecule is C=Cc1cc[n+](CCO)cc1.[F-]. The lowest BCUT2D eigenvalue weighted by molar-refractivity contribution is -0.698. The monoisotopic (exact) mass is 169 g/mol. The third kappa shape index (κ3) is 2.80. The number of aromatic nitrogens is 1. The van der Waals surface area contributed by atoms with Gasteiger partial charge < -0.3 is 9.81 Å². The van der Waals surface area contributed by atoms with E-state index >= 15 is 0 Å². The molecule has 1 aromatic heterocycles. The van der Waals surface area contributed by atoms with Crippen LogP contribution < -0.4 is 9.27 Å². The fraction of sp³-hybridized carbons (Fsp3) is 0.222. The quantitative estimate of drug-likeness (QED) is 0.502. The molecule has 0 saturated carbocycles. The molecular formula is C9H12FNO. The number of halogens is 1. The van der Waals surface area contributed by atoms with Crippen molar-refractivity contribution in [3.63, 3.8) is 0 Å². The highest BCUT2D eigenvalue weighted by molar-refractivity contribution is 5.44. The number of pyridine rings is 1. The van der Waals surface area contributed by atoms with Crippen LogP contribution in [0.2, 0.25) is 0 Å². The van der Waals surface area contributed by atoms with E-state index in [0.717, 1.165) is 5.56 Å². The summed E-state index contributed by atoms with van der Waals surface area (Å²) in [6.07, 6.45) is 5.64. The van der Waals surface area contributed by atoms with Gasteiger partial charge in [0.15, 0.2) is 18.9 Å². The Morgan fingerprint density at radius 2 is 2.00 bits per heavy atom. The minimum absolute atomic E-state index is 0. The van der Waals surface area contributed by atoms with E-state index in [2.05, 4.69) is 6.58 Å². The van der Waals surface area contributed by atoms with Gasteiger partial charge in [0, 0.05) is 12.1 Å². The Balaban J connectivity index is 0.00000121. The summed E-state index contributed by atoms with van der Waals surface area (Å²) in [5.74, 6) is 0. The lowest BCUT2D eigenvalue weighted by Gasteiger charge is -1.92. The van der Waals surface area contributed by atoms with E-state index < -0.39 is 0 Å². The molecule has 0 bridgehead atoms. The Labute approximate surface area is 71.2 Å². The van der Waals surface area contributed by atoms with Gasteiger partial charge in [-0.25, -0.2) is 4.57 Å². The molecule has 0 unspecified atom stereocenters. The van der Waals surface area contributed by atoms with Gasteiger partial charge in [-0.1, -0.05) is 12.7 Å². The maximum absolute atomic E-state index is 8.61. The molecule has 3 heteroatoms. The van der Waals surface area contributed by atoms with Gasteiger partial charge in [0.1, 0.15) is 6.61 Å². The van der Waals surface area contributed by atoms with Crippen LogP contribution in [0.5, 0.6) is 0 Å². The molecule has 2 nitrogen and oxygen atoms in total. The summed E-state index contributed by atoms with van der Waals surface area (Å²) >= 11 is 0. The topological polar surface area (TPSA) is 24.1 Å². The predicted molar refractivity (Wildman–Crippen MR) is 43.8 cm³/mol. The number of hydrogen-bond acceptors (Lipinski definition) is 1. The Bertz CT molecular complexity index is 233. The van der Waals surface area contributed by atoms with E-state index in [9.17, 15) is 0 Å². The molecule has 0 saturated heterocycles. The summed E-state index contributed by atoms with van der Waals surface area (Å²) in [7, 11) is 0. The molecule has 0 aliphatic rings. The maximum atomic E-state index is 8.61. The summed E-state index contributed by atoms with van der Waals surface area (Å²) < 4.78 is 1.92. The van der Waals surface area contributed by atoms with Crippen molar-refractivity contribution in [2.75, 3.05) is 6.61 Å². The van der Waals surface area contributed by atoms with Gasteiger partial charge in [0.2, 0.25) is 0 Å². The van der Waals surface area contributed by atoms with Gasteiger partial charge in [-0.3, -0.25) is 0 Å². The lowest BCUT2D eigenvalue weighted by Crippen LogP contribution is -3.00. The first-order valence-electron chi connectivity index (χ1n) is 3.59. The molecule has 12 heavy (non-hydrogen) atoms. The standard InChI is InChI=1S/C9H12NO.FH/c1-2-9-3-5-10(6-4-9)7-8-11;/h2-6,11H,1,7-8H2;1H/q+1;/p-1. The van der Waals surface area contributed by atoms with Crippen LogP contribution in [0.1, 0.15) is 5.56 Å². The average Bonchev–Trinajstić information content (AvgIpc) is 2.07. The van der Waals surface area contributed by atoms with Crippen LogP contribution in [0, 0.1) is 0 Å². The number of nitrogens with zero attached hydrogens (tertiary/aromatic N) is 1. The molecule has 0 aromatic carbocycles. The molecule has 0 aliphatic heterocycles. The summed E-state index contributed by atoms with van der Waals surface area (Å²) in [6.45, 7) is 4.48. The molecule has 66 valence electrons. The van der Waals surface area contributed by atoms with Crippen molar-refractivity contribution in [3.8, 4) is 0 Å². The highest BCUT2D eigenvalue weighted by Gasteiger charge is 1.95. The Hall–Kier alpha value is -1.22. The Kier molecular flexibility index (Phi) is 4.88. The van der Waals surface area contributed by atoms with Crippen molar-refractivity contribution < 1.29 is 14.4 Å². The first-order chi connectivity index (χ1) is 5.36. The first kappa shape index (κ1) is 10.8. The van der Waals surface area contributed by atoms with Crippen molar-refractivity contribution in [3.05, 3.63) is 36.7 Å². The molecule has 0 amide bonds. The number of aliphatic hydroxyl groups is 1. The third-order valence-electron chi connectivity index (χ3n) is 1.51. The van der Waals surface area contributed by atoms with E-state index in [1.165, 1.54) is 0 Å². The normalized spacial score (nSPS) is 8.75. The highest BCUT2D eigenvalue weighted by Crippen LogP contribution is 1.94. The van der Waals surface area contributed by atoms with Crippen LogP contribution in [0.3, 0.4) is 0 Å². The van der Waals surface area contributed by atoms with E-state index in [1.54, 1.807) is 6.08 Å². The van der Waals surface area contributed by atoms with Crippen molar-refractivity contribution in [2.24, 2.45) is 0 Å². The molecule has 0 atom stereocenters. The molecule has 0 aliphatic carbocycles. The molecular weight excluding hydrogens is 157 g/mol. The van der Waals surface area contributed by atoms with E-state index in [4.69, 9.17) is 5.11 Å². The van der Waals surface area contributed by atoms with Crippen LogP contribution in [0.4, 0.5) is 0 Å². The summed E-state index contributed by atoms with van der Waals surface area (Å²) in [6, 6.07) is 3.92. The molecule has 1 heterocycles. The zero-order valence-electron chi connectivity index (χ0n) is 6.78. The minimum Gasteiger partial charge on any atom is -1.00 e. The number of hydrogen-bond donors (Lipinski definition) is 1. The second-order valence-electron chi connectivity index (χ2n) is 2.30. The molecule has 0 radical (unpaired) electrons. The van der Waals surface area contributed by atoms with Gasteiger partial charge in [0.05, 0.1) is 0 Å². The molecule has 0 spiro atoms. The number of rotatable bonds is 3. The zero-order valence-corrected chi connectivity index (χ0v) is 6.78. The van der Waals surface area contributed by atoms with Gasteiger partial charge in [-0.15, -0.1) is 0 Å². The zero-order chi connectivity index (χ0) is 8.10. The van der Waals surface area contributed by atoms with E-state index in [0.29, 0.717) is 6.54 Å². The van der Waals surface area contributed by atoms with Crippen molar-refractivity contribution in [1.82, 2.24) is 0 Å². The molecule has 1 aromatic rings.